The first-order valence-corrected chi connectivity index (χ1v) is 7.66. The van der Waals surface area contributed by atoms with Crippen molar-refractivity contribution in [2.75, 3.05) is 18.5 Å². The molecule has 2 N–H and O–H groups in total. The SMILES string of the molecule is CC(C)(C)c1ccc(NC(=O)C(=O)N2CCCC2CO)cc1. The van der Waals surface area contributed by atoms with E-state index in [4.69, 9.17) is 0 Å². The highest BCUT2D eigenvalue weighted by Crippen LogP contribution is 2.23. The first-order chi connectivity index (χ1) is 10.3. The standard InChI is InChI=1S/C17H24N2O3/c1-17(2,3)12-6-8-13(9-7-12)18-15(21)16(22)19-10-4-5-14(19)11-20/h6-9,14,20H,4-5,10-11H2,1-3H3,(H,18,21). The lowest BCUT2D eigenvalue weighted by Crippen LogP contribution is -2.43. The largest absolute Gasteiger partial charge is 0.394 e. The summed E-state index contributed by atoms with van der Waals surface area (Å²) < 4.78 is 0. The van der Waals surface area contributed by atoms with Crippen LogP contribution < -0.4 is 5.32 Å². The fourth-order valence-electron chi connectivity index (χ4n) is 2.66. The zero-order chi connectivity index (χ0) is 16.3. The number of aliphatic hydroxyl groups excluding tert-OH is 1. The molecule has 2 amide bonds. The maximum atomic E-state index is 12.1. The molecule has 2 rings (SSSR count). The Bertz CT molecular complexity index is 546. The number of nitrogens with zero attached hydrogens (tertiary/aromatic N) is 1. The molecular formula is C17H24N2O3. The van der Waals surface area contributed by atoms with Crippen molar-refractivity contribution in [2.24, 2.45) is 0 Å². The van der Waals surface area contributed by atoms with Crippen LogP contribution >= 0.6 is 0 Å². The molecule has 1 heterocycles. The summed E-state index contributed by atoms with van der Waals surface area (Å²) in [5, 5.41) is 11.9. The number of carbonyl (C=O) groups is 2. The van der Waals surface area contributed by atoms with E-state index in [1.165, 1.54) is 4.90 Å². The number of aliphatic hydroxyl groups is 1. The number of benzene rings is 1. The van der Waals surface area contributed by atoms with Crippen LogP contribution in [0.5, 0.6) is 0 Å². The van der Waals surface area contributed by atoms with Crippen molar-refractivity contribution in [1.29, 1.82) is 0 Å². The van der Waals surface area contributed by atoms with Gasteiger partial charge in [0.2, 0.25) is 0 Å². The number of nitrogens with one attached hydrogen (secondary N) is 1. The van der Waals surface area contributed by atoms with Crippen molar-refractivity contribution >= 4 is 17.5 Å². The third-order valence-electron chi connectivity index (χ3n) is 4.05. The van der Waals surface area contributed by atoms with Gasteiger partial charge in [-0.3, -0.25) is 9.59 Å². The van der Waals surface area contributed by atoms with Gasteiger partial charge in [0.15, 0.2) is 0 Å². The third-order valence-corrected chi connectivity index (χ3v) is 4.05. The van der Waals surface area contributed by atoms with E-state index in [0.717, 1.165) is 18.4 Å². The van der Waals surface area contributed by atoms with Gasteiger partial charge < -0.3 is 15.3 Å². The second kappa shape index (κ2) is 6.48. The minimum absolute atomic E-state index is 0.0439. The molecule has 1 atom stereocenters. The molecule has 1 unspecified atom stereocenters. The molecule has 0 radical (unpaired) electrons. The Morgan fingerprint density at radius 3 is 2.45 bits per heavy atom. The zero-order valence-electron chi connectivity index (χ0n) is 13.4. The minimum atomic E-state index is -0.649. The summed E-state index contributed by atoms with van der Waals surface area (Å²) in [5.74, 6) is -1.22. The van der Waals surface area contributed by atoms with Crippen molar-refractivity contribution in [3.05, 3.63) is 29.8 Å². The quantitative estimate of drug-likeness (QED) is 0.820. The van der Waals surface area contributed by atoms with Crippen LogP contribution in [0.15, 0.2) is 24.3 Å². The van der Waals surface area contributed by atoms with E-state index in [2.05, 4.69) is 26.1 Å². The van der Waals surface area contributed by atoms with Crippen LogP contribution in [-0.4, -0.2) is 41.0 Å². The average molecular weight is 304 g/mol. The van der Waals surface area contributed by atoms with E-state index in [0.29, 0.717) is 12.2 Å². The summed E-state index contributed by atoms with van der Waals surface area (Å²) in [6.07, 6.45) is 1.57. The molecular weight excluding hydrogens is 280 g/mol. The molecule has 0 aromatic heterocycles. The van der Waals surface area contributed by atoms with Gasteiger partial charge in [-0.25, -0.2) is 0 Å². The maximum absolute atomic E-state index is 12.1. The molecule has 1 aromatic rings. The molecule has 1 saturated heterocycles. The number of rotatable bonds is 2. The van der Waals surface area contributed by atoms with Gasteiger partial charge in [0.25, 0.3) is 0 Å². The van der Waals surface area contributed by atoms with Gasteiger partial charge in [-0.05, 0) is 36.0 Å². The third kappa shape index (κ3) is 3.65. The van der Waals surface area contributed by atoms with Crippen LogP contribution in [0.1, 0.15) is 39.2 Å². The van der Waals surface area contributed by atoms with Crippen LogP contribution in [0.25, 0.3) is 0 Å². The molecule has 0 saturated carbocycles. The van der Waals surface area contributed by atoms with Gasteiger partial charge in [0.05, 0.1) is 12.6 Å². The Kier molecular flexibility index (Phi) is 4.86. The number of hydrogen-bond acceptors (Lipinski definition) is 3. The molecule has 0 bridgehead atoms. The topological polar surface area (TPSA) is 69.6 Å². The summed E-state index contributed by atoms with van der Waals surface area (Å²) in [5.41, 5.74) is 1.81. The Morgan fingerprint density at radius 2 is 1.91 bits per heavy atom. The second-order valence-electron chi connectivity index (χ2n) is 6.76. The Morgan fingerprint density at radius 1 is 1.27 bits per heavy atom. The number of anilines is 1. The van der Waals surface area contributed by atoms with Gasteiger partial charge in [0, 0.05) is 12.2 Å². The van der Waals surface area contributed by atoms with Crippen molar-refractivity contribution < 1.29 is 14.7 Å². The van der Waals surface area contributed by atoms with E-state index in [1.807, 2.05) is 12.1 Å². The Labute approximate surface area is 131 Å². The highest BCUT2D eigenvalue weighted by atomic mass is 16.3. The normalized spacial score (nSPS) is 18.4. The van der Waals surface area contributed by atoms with Crippen molar-refractivity contribution in [2.45, 2.75) is 45.1 Å². The fraction of sp³-hybridized carbons (Fsp3) is 0.529. The van der Waals surface area contributed by atoms with Gasteiger partial charge in [-0.2, -0.15) is 0 Å². The molecule has 22 heavy (non-hydrogen) atoms. The van der Waals surface area contributed by atoms with Crippen LogP contribution in [0, 0.1) is 0 Å². The van der Waals surface area contributed by atoms with Gasteiger partial charge in [0.1, 0.15) is 0 Å². The summed E-state index contributed by atoms with van der Waals surface area (Å²) in [6.45, 7) is 6.78. The first kappa shape index (κ1) is 16.5. The monoisotopic (exact) mass is 304 g/mol. The predicted octanol–water partition coefficient (Wildman–Crippen LogP) is 1.91. The Hall–Kier alpha value is -1.88. The average Bonchev–Trinajstić information content (AvgIpc) is 2.94. The lowest BCUT2D eigenvalue weighted by molar-refractivity contribution is -0.144. The van der Waals surface area contributed by atoms with Gasteiger partial charge in [-0.1, -0.05) is 32.9 Å². The van der Waals surface area contributed by atoms with Crippen LogP contribution in [0.3, 0.4) is 0 Å². The number of carbonyl (C=O) groups excluding carboxylic acids is 2. The Balaban J connectivity index is 2.01. The molecule has 120 valence electrons. The van der Waals surface area contributed by atoms with Gasteiger partial charge >= 0.3 is 11.8 Å². The molecule has 5 heteroatoms. The highest BCUT2D eigenvalue weighted by Gasteiger charge is 2.31. The predicted molar refractivity (Wildman–Crippen MR) is 85.6 cm³/mol. The minimum Gasteiger partial charge on any atom is -0.394 e. The first-order valence-electron chi connectivity index (χ1n) is 7.66. The van der Waals surface area contributed by atoms with Crippen LogP contribution in [-0.2, 0) is 15.0 Å². The fourth-order valence-corrected chi connectivity index (χ4v) is 2.66. The summed E-state index contributed by atoms with van der Waals surface area (Å²) >= 11 is 0. The van der Waals surface area contributed by atoms with Crippen molar-refractivity contribution in [3.63, 3.8) is 0 Å². The highest BCUT2D eigenvalue weighted by molar-refractivity contribution is 6.39. The van der Waals surface area contributed by atoms with Crippen molar-refractivity contribution in [3.8, 4) is 0 Å². The summed E-state index contributed by atoms with van der Waals surface area (Å²) in [4.78, 5) is 25.7. The molecule has 0 aliphatic carbocycles. The van der Waals surface area contributed by atoms with Crippen molar-refractivity contribution in [1.82, 2.24) is 4.90 Å². The van der Waals surface area contributed by atoms with Gasteiger partial charge in [-0.15, -0.1) is 0 Å². The second-order valence-corrected chi connectivity index (χ2v) is 6.76. The van der Waals surface area contributed by atoms with Crippen LogP contribution in [0.4, 0.5) is 5.69 Å². The smallest absolute Gasteiger partial charge is 0.313 e. The lowest BCUT2D eigenvalue weighted by Gasteiger charge is -2.22. The molecule has 1 aliphatic rings. The van der Waals surface area contributed by atoms with E-state index in [-0.39, 0.29) is 18.1 Å². The van der Waals surface area contributed by atoms with E-state index < -0.39 is 11.8 Å². The summed E-state index contributed by atoms with van der Waals surface area (Å²) in [7, 11) is 0. The molecule has 1 aromatic carbocycles. The molecule has 0 spiro atoms. The van der Waals surface area contributed by atoms with E-state index in [1.54, 1.807) is 12.1 Å². The molecule has 1 aliphatic heterocycles. The van der Waals surface area contributed by atoms with E-state index >= 15 is 0 Å². The number of amides is 2. The number of hydrogen-bond donors (Lipinski definition) is 2. The van der Waals surface area contributed by atoms with Crippen LogP contribution in [0.2, 0.25) is 0 Å². The molecule has 5 nitrogen and oxygen atoms in total. The lowest BCUT2D eigenvalue weighted by atomic mass is 9.87. The molecule has 1 fully saturated rings. The number of likely N-dealkylation sites (tertiary alicyclic amines) is 1. The zero-order valence-corrected chi connectivity index (χ0v) is 13.4. The summed E-state index contributed by atoms with van der Waals surface area (Å²) in [6, 6.07) is 7.28. The van der Waals surface area contributed by atoms with E-state index in [9.17, 15) is 14.7 Å². The maximum Gasteiger partial charge on any atom is 0.313 e.